The van der Waals surface area contributed by atoms with Crippen molar-refractivity contribution < 1.29 is 4.79 Å². The first kappa shape index (κ1) is 18.9. The van der Waals surface area contributed by atoms with Crippen LogP contribution in [-0.2, 0) is 18.4 Å². The fourth-order valence-electron chi connectivity index (χ4n) is 4.10. The molecule has 0 radical (unpaired) electrons. The summed E-state index contributed by atoms with van der Waals surface area (Å²) in [6, 6.07) is 9.53. The number of amides is 1. The number of aromatic nitrogens is 3. The van der Waals surface area contributed by atoms with Crippen molar-refractivity contribution in [3.05, 3.63) is 57.7 Å². The van der Waals surface area contributed by atoms with Crippen LogP contribution in [0, 0.1) is 11.8 Å². The van der Waals surface area contributed by atoms with Gasteiger partial charge in [-0.1, -0.05) is 15.9 Å². The van der Waals surface area contributed by atoms with E-state index in [1.54, 1.807) is 29.1 Å². The minimum Gasteiger partial charge on any atom is -0.326 e. The molecule has 0 unspecified atom stereocenters. The smallest absolute Gasteiger partial charge is 0.326 e. The van der Waals surface area contributed by atoms with Crippen LogP contribution in [0.2, 0.25) is 0 Å². The van der Waals surface area contributed by atoms with E-state index in [-0.39, 0.29) is 17.5 Å². The van der Waals surface area contributed by atoms with Gasteiger partial charge in [0.15, 0.2) is 0 Å². The molecule has 1 aliphatic carbocycles. The number of fused-ring (bicyclic) bond motifs is 1. The second-order valence-corrected chi connectivity index (χ2v) is 8.44. The molecule has 0 aliphatic heterocycles. The number of imidazole rings is 1. The highest BCUT2D eigenvalue weighted by Crippen LogP contribution is 2.31. The molecule has 1 N–H and O–H groups in total. The Labute approximate surface area is 171 Å². The van der Waals surface area contributed by atoms with E-state index >= 15 is 0 Å². The van der Waals surface area contributed by atoms with Gasteiger partial charge in [0.05, 0.1) is 11.0 Å². The molecule has 1 fully saturated rings. The molecular weight excluding hydrogens is 420 g/mol. The number of aryl methyl sites for hydroxylation is 1. The van der Waals surface area contributed by atoms with Crippen molar-refractivity contribution >= 4 is 38.6 Å². The molecule has 146 valence electrons. The molecule has 2 heterocycles. The van der Waals surface area contributed by atoms with Crippen LogP contribution in [0.5, 0.6) is 0 Å². The Kier molecular flexibility index (Phi) is 5.35. The summed E-state index contributed by atoms with van der Waals surface area (Å²) >= 11 is 3.50. The summed E-state index contributed by atoms with van der Waals surface area (Å²) in [4.78, 5) is 29.2. The maximum Gasteiger partial charge on any atom is 0.328 e. The summed E-state index contributed by atoms with van der Waals surface area (Å²) in [6.07, 6.45) is 6.95. The number of halogens is 1. The molecule has 2 aromatic heterocycles. The zero-order chi connectivity index (χ0) is 19.7. The van der Waals surface area contributed by atoms with E-state index in [1.807, 2.05) is 29.8 Å². The standard InChI is InChI=1S/C21H23BrN4O2/c1-25-18-7-6-16(22)12-19(18)26(21(25)28)13-14-2-4-15(5-3-14)20(27)24-17-8-10-23-11-9-17/h6-12,14-15H,2-5,13H2,1H3,(H,23,24,27). The van der Waals surface area contributed by atoms with Crippen molar-refractivity contribution in [2.75, 3.05) is 5.32 Å². The largest absolute Gasteiger partial charge is 0.328 e. The Bertz CT molecular complexity index is 1050. The van der Waals surface area contributed by atoms with Gasteiger partial charge in [-0.3, -0.25) is 18.9 Å². The van der Waals surface area contributed by atoms with Crippen molar-refractivity contribution in [2.24, 2.45) is 18.9 Å². The fourth-order valence-corrected chi connectivity index (χ4v) is 4.45. The Balaban J connectivity index is 1.42. The molecule has 4 rings (SSSR count). The SMILES string of the molecule is Cn1c(=O)n(CC2CCC(C(=O)Nc3ccncc3)CC2)c2cc(Br)ccc21. The number of nitrogens with zero attached hydrogens (tertiary/aromatic N) is 3. The van der Waals surface area contributed by atoms with E-state index in [9.17, 15) is 9.59 Å². The average Bonchev–Trinajstić information content (AvgIpc) is 2.93. The number of hydrogen-bond donors (Lipinski definition) is 1. The Morgan fingerprint density at radius 2 is 1.86 bits per heavy atom. The highest BCUT2D eigenvalue weighted by atomic mass is 79.9. The van der Waals surface area contributed by atoms with E-state index < -0.39 is 0 Å². The van der Waals surface area contributed by atoms with Crippen molar-refractivity contribution in [3.8, 4) is 0 Å². The Morgan fingerprint density at radius 1 is 1.14 bits per heavy atom. The lowest BCUT2D eigenvalue weighted by Crippen LogP contribution is -2.30. The van der Waals surface area contributed by atoms with E-state index in [0.717, 1.165) is 46.9 Å². The summed E-state index contributed by atoms with van der Waals surface area (Å²) < 4.78 is 4.55. The molecule has 1 aromatic carbocycles. The summed E-state index contributed by atoms with van der Waals surface area (Å²) in [5.74, 6) is 0.519. The summed E-state index contributed by atoms with van der Waals surface area (Å²) in [5.41, 5.74) is 2.71. The number of carbonyl (C=O) groups excluding carboxylic acids is 1. The van der Waals surface area contributed by atoms with Crippen LogP contribution in [0.15, 0.2) is 52.0 Å². The van der Waals surface area contributed by atoms with Gasteiger partial charge < -0.3 is 5.32 Å². The summed E-state index contributed by atoms with van der Waals surface area (Å²) in [5, 5.41) is 2.98. The van der Waals surface area contributed by atoms with E-state index in [0.29, 0.717) is 12.5 Å². The third-order valence-electron chi connectivity index (χ3n) is 5.71. The lowest BCUT2D eigenvalue weighted by atomic mass is 9.81. The molecule has 1 amide bonds. The summed E-state index contributed by atoms with van der Waals surface area (Å²) in [6.45, 7) is 0.700. The topological polar surface area (TPSA) is 68.9 Å². The lowest BCUT2D eigenvalue weighted by molar-refractivity contribution is -0.121. The summed E-state index contributed by atoms with van der Waals surface area (Å²) in [7, 11) is 1.81. The molecule has 0 spiro atoms. The first-order valence-corrected chi connectivity index (χ1v) is 10.4. The van der Waals surface area contributed by atoms with Crippen LogP contribution in [0.3, 0.4) is 0 Å². The maximum atomic E-state index is 12.7. The molecular formula is C21H23BrN4O2. The van der Waals surface area contributed by atoms with Gasteiger partial charge in [0.2, 0.25) is 5.91 Å². The van der Waals surface area contributed by atoms with Crippen LogP contribution >= 0.6 is 15.9 Å². The minimum atomic E-state index is 0.0191. The van der Waals surface area contributed by atoms with Crippen molar-refractivity contribution in [2.45, 2.75) is 32.2 Å². The van der Waals surface area contributed by atoms with Gasteiger partial charge in [-0.15, -0.1) is 0 Å². The zero-order valence-corrected chi connectivity index (χ0v) is 17.4. The number of hydrogen-bond acceptors (Lipinski definition) is 3. The first-order valence-electron chi connectivity index (χ1n) is 9.58. The zero-order valence-electron chi connectivity index (χ0n) is 15.8. The molecule has 28 heavy (non-hydrogen) atoms. The van der Waals surface area contributed by atoms with Gasteiger partial charge in [-0.05, 0) is 61.9 Å². The molecule has 0 saturated heterocycles. The molecule has 3 aromatic rings. The van der Waals surface area contributed by atoms with Crippen LogP contribution in [-0.4, -0.2) is 20.0 Å². The van der Waals surface area contributed by atoms with Crippen LogP contribution in [0.4, 0.5) is 5.69 Å². The number of carbonyl (C=O) groups is 1. The molecule has 7 heteroatoms. The monoisotopic (exact) mass is 442 g/mol. The predicted molar refractivity (Wildman–Crippen MR) is 113 cm³/mol. The number of rotatable bonds is 4. The van der Waals surface area contributed by atoms with E-state index in [2.05, 4.69) is 26.2 Å². The number of anilines is 1. The Hall–Kier alpha value is -2.41. The normalized spacial score (nSPS) is 19.6. The highest BCUT2D eigenvalue weighted by molar-refractivity contribution is 9.10. The van der Waals surface area contributed by atoms with Gasteiger partial charge in [0.1, 0.15) is 0 Å². The second kappa shape index (κ2) is 7.91. The highest BCUT2D eigenvalue weighted by Gasteiger charge is 2.27. The average molecular weight is 443 g/mol. The third kappa shape index (κ3) is 3.76. The van der Waals surface area contributed by atoms with Gasteiger partial charge in [-0.2, -0.15) is 0 Å². The van der Waals surface area contributed by atoms with Crippen LogP contribution in [0.25, 0.3) is 11.0 Å². The molecule has 6 nitrogen and oxygen atoms in total. The van der Waals surface area contributed by atoms with Crippen molar-refractivity contribution in [1.82, 2.24) is 14.1 Å². The van der Waals surface area contributed by atoms with Crippen LogP contribution in [0.1, 0.15) is 25.7 Å². The minimum absolute atomic E-state index is 0.0191. The molecule has 0 atom stereocenters. The Morgan fingerprint density at radius 3 is 2.57 bits per heavy atom. The fraction of sp³-hybridized carbons (Fsp3) is 0.381. The molecule has 0 bridgehead atoms. The maximum absolute atomic E-state index is 12.7. The van der Waals surface area contributed by atoms with E-state index in [4.69, 9.17) is 0 Å². The van der Waals surface area contributed by atoms with Gasteiger partial charge in [-0.25, -0.2) is 4.79 Å². The quantitative estimate of drug-likeness (QED) is 0.664. The predicted octanol–water partition coefficient (Wildman–Crippen LogP) is 3.94. The first-order chi connectivity index (χ1) is 13.5. The number of benzene rings is 1. The number of nitrogens with one attached hydrogen (secondary N) is 1. The van der Waals surface area contributed by atoms with Gasteiger partial charge in [0, 0.05) is 42.1 Å². The molecule has 1 aliphatic rings. The van der Waals surface area contributed by atoms with Gasteiger partial charge >= 0.3 is 5.69 Å². The van der Waals surface area contributed by atoms with Gasteiger partial charge in [0.25, 0.3) is 0 Å². The molecule has 1 saturated carbocycles. The van der Waals surface area contributed by atoms with Crippen LogP contribution < -0.4 is 11.0 Å². The van der Waals surface area contributed by atoms with Crippen molar-refractivity contribution in [3.63, 3.8) is 0 Å². The lowest BCUT2D eigenvalue weighted by Gasteiger charge is -2.28. The van der Waals surface area contributed by atoms with E-state index in [1.165, 1.54) is 0 Å². The third-order valence-corrected chi connectivity index (χ3v) is 6.21. The second-order valence-electron chi connectivity index (χ2n) is 7.53. The van der Waals surface area contributed by atoms with Crippen molar-refractivity contribution in [1.29, 1.82) is 0 Å². The number of pyridine rings is 1.